The molecule has 0 aliphatic carbocycles. The Morgan fingerprint density at radius 2 is 2.18 bits per heavy atom. The van der Waals surface area contributed by atoms with Crippen molar-refractivity contribution in [3.63, 3.8) is 0 Å². The molecule has 1 N–H and O–H groups in total. The van der Waals surface area contributed by atoms with Crippen LogP contribution in [0.25, 0.3) is 6.08 Å². The van der Waals surface area contributed by atoms with E-state index < -0.39 is 0 Å². The van der Waals surface area contributed by atoms with Gasteiger partial charge >= 0.3 is 0 Å². The normalized spacial score (nSPS) is 10.4. The number of H-pyrrole nitrogens is 1. The van der Waals surface area contributed by atoms with Crippen LogP contribution in [0.2, 0.25) is 0 Å². The second-order valence-corrected chi connectivity index (χ2v) is 6.43. The van der Waals surface area contributed by atoms with Crippen molar-refractivity contribution in [3.05, 3.63) is 45.9 Å². The Morgan fingerprint density at radius 1 is 1.41 bits per heavy atom. The Hall–Kier alpha value is -0.910. The van der Waals surface area contributed by atoms with E-state index in [-0.39, 0.29) is 0 Å². The molecule has 88 valence electrons. The maximum Gasteiger partial charge on any atom is 0.177 e. The average Bonchev–Trinajstić information content (AvgIpc) is 2.76. The van der Waals surface area contributed by atoms with Crippen LogP contribution in [0.3, 0.4) is 0 Å². The first-order chi connectivity index (χ1) is 8.28. The minimum atomic E-state index is 0.739. The smallest absolute Gasteiger partial charge is 0.177 e. The zero-order valence-electron chi connectivity index (χ0n) is 9.18. The van der Waals surface area contributed by atoms with Crippen LogP contribution in [-0.2, 0) is 6.42 Å². The Labute approximate surface area is 114 Å². The molecule has 0 unspecified atom stereocenters. The van der Waals surface area contributed by atoms with Gasteiger partial charge in [0.2, 0.25) is 0 Å². The highest BCUT2D eigenvalue weighted by Crippen LogP contribution is 2.21. The number of hydrogen-bond donors (Lipinski definition) is 1. The summed E-state index contributed by atoms with van der Waals surface area (Å²) in [5.74, 6) is 1.02. The number of nitrogens with zero attached hydrogens (tertiary/aromatic N) is 1. The van der Waals surface area contributed by atoms with Crippen LogP contribution in [0.15, 0.2) is 35.2 Å². The summed E-state index contributed by atoms with van der Waals surface area (Å²) < 4.78 is 1.75. The fraction of sp³-hybridized carbons (Fsp3) is 0.167. The van der Waals surface area contributed by atoms with Gasteiger partial charge in [0.1, 0.15) is 0 Å². The van der Waals surface area contributed by atoms with E-state index in [1.54, 1.807) is 11.8 Å². The molecule has 0 aliphatic heterocycles. The van der Waals surface area contributed by atoms with Crippen LogP contribution in [0.5, 0.6) is 0 Å². The molecule has 0 amide bonds. The maximum absolute atomic E-state index is 4.98. The third-order valence-corrected chi connectivity index (χ3v) is 4.48. The molecule has 5 heteroatoms. The summed E-state index contributed by atoms with van der Waals surface area (Å²) in [6.45, 7) is 3.74. The van der Waals surface area contributed by atoms with Crippen molar-refractivity contribution in [2.24, 2.45) is 0 Å². The molecular weight excluding hydrogens is 268 g/mol. The first-order valence-corrected chi connectivity index (χ1v) is 7.38. The van der Waals surface area contributed by atoms with Gasteiger partial charge in [-0.25, -0.2) is 0 Å². The summed E-state index contributed by atoms with van der Waals surface area (Å²) in [6.07, 6.45) is 2.89. The van der Waals surface area contributed by atoms with Gasteiger partial charge in [0.15, 0.2) is 8.29 Å². The first kappa shape index (κ1) is 12.5. The molecule has 0 fully saturated rings. The largest absolute Gasteiger partial charge is 0.257 e. The summed E-state index contributed by atoms with van der Waals surface area (Å²) in [6, 6.07) is 8.46. The van der Waals surface area contributed by atoms with Gasteiger partial charge in [-0.05, 0) is 29.8 Å². The van der Waals surface area contributed by atoms with Crippen LogP contribution in [0, 0.1) is 3.95 Å². The molecule has 0 saturated heterocycles. The molecule has 0 atom stereocenters. The molecular formula is C12H12N2S3. The van der Waals surface area contributed by atoms with E-state index in [1.165, 1.54) is 16.9 Å². The van der Waals surface area contributed by atoms with Crippen LogP contribution in [0.4, 0.5) is 0 Å². The third kappa shape index (κ3) is 3.80. The number of rotatable bonds is 5. The minimum Gasteiger partial charge on any atom is -0.257 e. The molecule has 0 bridgehead atoms. The predicted octanol–water partition coefficient (Wildman–Crippen LogP) is 4.18. The van der Waals surface area contributed by atoms with Crippen LogP contribution >= 0.6 is 35.3 Å². The molecule has 2 aromatic rings. The lowest BCUT2D eigenvalue weighted by molar-refractivity contribution is 1.00. The van der Waals surface area contributed by atoms with Crippen molar-refractivity contribution in [3.8, 4) is 0 Å². The average molecular weight is 280 g/mol. The fourth-order valence-electron chi connectivity index (χ4n) is 1.35. The Kier molecular flexibility index (Phi) is 4.53. The molecule has 0 aliphatic rings. The van der Waals surface area contributed by atoms with E-state index in [1.807, 2.05) is 6.08 Å². The first-order valence-electron chi connectivity index (χ1n) is 5.17. The maximum atomic E-state index is 4.98. The summed E-state index contributed by atoms with van der Waals surface area (Å²) in [5, 5.41) is 6.90. The van der Waals surface area contributed by atoms with Gasteiger partial charge in [-0.15, -0.1) is 0 Å². The molecule has 0 saturated carbocycles. The van der Waals surface area contributed by atoms with E-state index in [2.05, 4.69) is 41.0 Å². The van der Waals surface area contributed by atoms with E-state index in [0.717, 1.165) is 26.0 Å². The summed E-state index contributed by atoms with van der Waals surface area (Å²) in [4.78, 5) is 0. The van der Waals surface area contributed by atoms with E-state index >= 15 is 0 Å². The van der Waals surface area contributed by atoms with Gasteiger partial charge in [0, 0.05) is 5.75 Å². The van der Waals surface area contributed by atoms with Gasteiger partial charge in [-0.3, -0.25) is 5.10 Å². The highest BCUT2D eigenvalue weighted by Gasteiger charge is 1.99. The van der Waals surface area contributed by atoms with Crippen molar-refractivity contribution in [2.75, 3.05) is 5.75 Å². The number of aromatic amines is 1. The number of aryl methyl sites for hydroxylation is 1. The van der Waals surface area contributed by atoms with Crippen LogP contribution in [0.1, 0.15) is 11.1 Å². The quantitative estimate of drug-likeness (QED) is 0.658. The van der Waals surface area contributed by atoms with Crippen molar-refractivity contribution in [1.82, 2.24) is 10.2 Å². The number of thioether (sulfide) groups is 1. The molecule has 1 aromatic heterocycles. The second-order valence-electron chi connectivity index (χ2n) is 3.42. The lowest BCUT2D eigenvalue weighted by atomic mass is 10.1. The van der Waals surface area contributed by atoms with Gasteiger partial charge < -0.3 is 0 Å². The van der Waals surface area contributed by atoms with Crippen molar-refractivity contribution < 1.29 is 0 Å². The molecule has 17 heavy (non-hydrogen) atoms. The topological polar surface area (TPSA) is 28.7 Å². The molecule has 0 spiro atoms. The number of benzene rings is 1. The van der Waals surface area contributed by atoms with Gasteiger partial charge in [-0.2, -0.15) is 5.10 Å². The number of aromatic nitrogens is 2. The van der Waals surface area contributed by atoms with Crippen molar-refractivity contribution in [2.45, 2.75) is 10.8 Å². The van der Waals surface area contributed by atoms with Gasteiger partial charge in [0.05, 0.1) is 0 Å². The summed E-state index contributed by atoms with van der Waals surface area (Å²) in [7, 11) is 0. The highest BCUT2D eigenvalue weighted by atomic mass is 32.2. The number of nitrogens with one attached hydrogen (secondary N) is 1. The molecule has 2 rings (SSSR count). The van der Waals surface area contributed by atoms with Crippen molar-refractivity contribution >= 4 is 41.4 Å². The van der Waals surface area contributed by atoms with Crippen molar-refractivity contribution in [1.29, 1.82) is 0 Å². The zero-order valence-corrected chi connectivity index (χ0v) is 11.6. The van der Waals surface area contributed by atoms with Gasteiger partial charge in [-0.1, -0.05) is 60.0 Å². The monoisotopic (exact) mass is 280 g/mol. The molecule has 2 nitrogen and oxygen atoms in total. The molecule has 0 radical (unpaired) electrons. The number of hydrogen-bond acceptors (Lipinski definition) is 4. The lowest BCUT2D eigenvalue weighted by Crippen LogP contribution is -1.88. The zero-order chi connectivity index (χ0) is 12.1. The van der Waals surface area contributed by atoms with E-state index in [0.29, 0.717) is 0 Å². The van der Waals surface area contributed by atoms with E-state index in [9.17, 15) is 0 Å². The standard InChI is InChI=1S/C12H12N2S3/c1-2-9-3-5-10(6-4-9)7-8-16-12-14-13-11(15)17-12/h2-6H,1,7-8H2,(H,13,15). The molecule has 1 heterocycles. The summed E-state index contributed by atoms with van der Waals surface area (Å²) >= 11 is 8.24. The third-order valence-electron chi connectivity index (χ3n) is 2.25. The fourth-order valence-corrected chi connectivity index (χ4v) is 3.49. The molecule has 1 aromatic carbocycles. The minimum absolute atomic E-state index is 0.739. The second kappa shape index (κ2) is 6.14. The van der Waals surface area contributed by atoms with Gasteiger partial charge in [0.25, 0.3) is 0 Å². The predicted molar refractivity (Wildman–Crippen MR) is 78.3 cm³/mol. The van der Waals surface area contributed by atoms with Crippen LogP contribution < -0.4 is 0 Å². The Bertz CT molecular complexity index is 539. The Morgan fingerprint density at radius 3 is 2.76 bits per heavy atom. The Balaban J connectivity index is 1.85. The van der Waals surface area contributed by atoms with Crippen LogP contribution in [-0.4, -0.2) is 16.0 Å². The SMILES string of the molecule is C=Cc1ccc(CCSc2n[nH]c(=S)s2)cc1. The van der Waals surface area contributed by atoms with E-state index in [4.69, 9.17) is 12.2 Å². The summed E-state index contributed by atoms with van der Waals surface area (Å²) in [5.41, 5.74) is 2.49. The lowest BCUT2D eigenvalue weighted by Gasteiger charge is -2.00. The highest BCUT2D eigenvalue weighted by molar-refractivity contribution is 8.01.